The number of hydrogen-bond donors (Lipinski definition) is 1. The molecular formula is C15H19NO3. The Morgan fingerprint density at radius 3 is 2.37 bits per heavy atom. The summed E-state index contributed by atoms with van der Waals surface area (Å²) in [6, 6.07) is 6.12. The lowest BCUT2D eigenvalue weighted by Gasteiger charge is -2.25. The number of likely N-dealkylation sites (tertiary alicyclic amines) is 1. The fourth-order valence-electron chi connectivity index (χ4n) is 2.70. The molecule has 2 unspecified atom stereocenters. The highest BCUT2D eigenvalue weighted by molar-refractivity contribution is 5.86. The summed E-state index contributed by atoms with van der Waals surface area (Å²) in [5.74, 6) is -1.52. The maximum absolute atomic E-state index is 11.9. The van der Waals surface area contributed by atoms with E-state index in [1.807, 2.05) is 20.8 Å². The van der Waals surface area contributed by atoms with Gasteiger partial charge in [-0.15, -0.1) is 0 Å². The van der Waals surface area contributed by atoms with Crippen LogP contribution in [0, 0.1) is 19.8 Å². The molecule has 0 aromatic heterocycles. The molecule has 1 aliphatic rings. The van der Waals surface area contributed by atoms with Crippen LogP contribution in [0.15, 0.2) is 18.2 Å². The van der Waals surface area contributed by atoms with E-state index < -0.39 is 11.9 Å². The molecular weight excluding hydrogens is 242 g/mol. The summed E-state index contributed by atoms with van der Waals surface area (Å²) in [4.78, 5) is 24.6. The molecule has 1 saturated heterocycles. The first-order valence-corrected chi connectivity index (χ1v) is 6.49. The Bertz CT molecular complexity index is 504. The summed E-state index contributed by atoms with van der Waals surface area (Å²) in [5.41, 5.74) is 3.38. The van der Waals surface area contributed by atoms with Gasteiger partial charge in [-0.1, -0.05) is 29.3 Å². The summed E-state index contributed by atoms with van der Waals surface area (Å²) >= 11 is 0. The van der Waals surface area contributed by atoms with Crippen LogP contribution < -0.4 is 0 Å². The SMILES string of the molecule is Cc1cc(C)cc(C(C)N2CC(C(=O)O)CC2=O)c1. The number of carbonyl (C=O) groups is 2. The Hall–Kier alpha value is -1.84. The molecule has 0 spiro atoms. The summed E-state index contributed by atoms with van der Waals surface area (Å²) in [6.45, 7) is 6.31. The average Bonchev–Trinajstić information content (AvgIpc) is 2.69. The van der Waals surface area contributed by atoms with Crippen molar-refractivity contribution in [3.05, 3.63) is 34.9 Å². The van der Waals surface area contributed by atoms with Gasteiger partial charge in [0, 0.05) is 13.0 Å². The summed E-state index contributed by atoms with van der Waals surface area (Å²) < 4.78 is 0. The number of carboxylic acid groups (broad SMARTS) is 1. The Morgan fingerprint density at radius 2 is 1.89 bits per heavy atom. The topological polar surface area (TPSA) is 57.6 Å². The number of aryl methyl sites for hydroxylation is 2. The molecule has 0 bridgehead atoms. The third-order valence-corrected chi connectivity index (χ3v) is 3.70. The molecule has 1 amide bonds. The van der Waals surface area contributed by atoms with Crippen LogP contribution >= 0.6 is 0 Å². The maximum atomic E-state index is 11.9. The van der Waals surface area contributed by atoms with Gasteiger partial charge >= 0.3 is 5.97 Å². The summed E-state index contributed by atoms with van der Waals surface area (Å²) in [5, 5.41) is 9.01. The van der Waals surface area contributed by atoms with Crippen molar-refractivity contribution in [3.8, 4) is 0 Å². The third kappa shape index (κ3) is 2.78. The smallest absolute Gasteiger partial charge is 0.308 e. The molecule has 2 atom stereocenters. The van der Waals surface area contributed by atoms with Gasteiger partial charge in [0.25, 0.3) is 0 Å². The molecule has 1 aliphatic heterocycles. The zero-order chi connectivity index (χ0) is 14.2. The Balaban J connectivity index is 2.22. The predicted molar refractivity (Wildman–Crippen MR) is 71.8 cm³/mol. The van der Waals surface area contributed by atoms with Crippen LogP contribution in [0.1, 0.15) is 36.1 Å². The van der Waals surface area contributed by atoms with Crippen LogP contribution in [-0.2, 0) is 9.59 Å². The number of carbonyl (C=O) groups excluding carboxylic acids is 1. The second-order valence-electron chi connectivity index (χ2n) is 5.38. The molecule has 4 heteroatoms. The fourth-order valence-corrected chi connectivity index (χ4v) is 2.70. The number of hydrogen-bond acceptors (Lipinski definition) is 2. The van der Waals surface area contributed by atoms with Crippen LogP contribution in [0.4, 0.5) is 0 Å². The first kappa shape index (κ1) is 13.6. The van der Waals surface area contributed by atoms with Crippen LogP contribution in [0.2, 0.25) is 0 Å². The van der Waals surface area contributed by atoms with Gasteiger partial charge in [0.1, 0.15) is 0 Å². The van der Waals surface area contributed by atoms with Gasteiger partial charge in [0.15, 0.2) is 0 Å². The molecule has 2 rings (SSSR count). The number of benzene rings is 1. The lowest BCUT2D eigenvalue weighted by Crippen LogP contribution is -2.29. The normalized spacial score (nSPS) is 20.7. The first-order valence-electron chi connectivity index (χ1n) is 6.49. The van der Waals surface area contributed by atoms with E-state index in [0.29, 0.717) is 6.54 Å². The Morgan fingerprint density at radius 1 is 1.32 bits per heavy atom. The molecule has 1 heterocycles. The van der Waals surface area contributed by atoms with Gasteiger partial charge in [-0.25, -0.2) is 0 Å². The molecule has 1 aromatic carbocycles. The van der Waals surface area contributed by atoms with Gasteiger partial charge in [-0.3, -0.25) is 9.59 Å². The fraction of sp³-hybridized carbons (Fsp3) is 0.467. The van der Waals surface area contributed by atoms with E-state index in [2.05, 4.69) is 18.2 Å². The standard InChI is InChI=1S/C15H19NO3/c1-9-4-10(2)6-12(5-9)11(3)16-8-13(15(18)19)7-14(16)17/h4-6,11,13H,7-8H2,1-3H3,(H,18,19). The Kier molecular flexibility index (Phi) is 3.60. The van der Waals surface area contributed by atoms with Gasteiger partial charge in [0.05, 0.1) is 12.0 Å². The number of nitrogens with zero attached hydrogens (tertiary/aromatic N) is 1. The zero-order valence-corrected chi connectivity index (χ0v) is 11.5. The van der Waals surface area contributed by atoms with Crippen molar-refractivity contribution >= 4 is 11.9 Å². The van der Waals surface area contributed by atoms with E-state index in [1.54, 1.807) is 4.90 Å². The summed E-state index contributed by atoms with van der Waals surface area (Å²) in [7, 11) is 0. The molecule has 4 nitrogen and oxygen atoms in total. The van der Waals surface area contributed by atoms with Crippen molar-refractivity contribution in [2.75, 3.05) is 6.54 Å². The first-order chi connectivity index (χ1) is 8.88. The van der Waals surface area contributed by atoms with Crippen LogP contribution in [0.5, 0.6) is 0 Å². The predicted octanol–water partition coefficient (Wildman–Crippen LogP) is 2.30. The van der Waals surface area contributed by atoms with Crippen LogP contribution in [-0.4, -0.2) is 28.4 Å². The van der Waals surface area contributed by atoms with Crippen LogP contribution in [0.3, 0.4) is 0 Å². The van der Waals surface area contributed by atoms with Crippen molar-refractivity contribution in [3.63, 3.8) is 0 Å². The highest BCUT2D eigenvalue weighted by atomic mass is 16.4. The molecule has 0 aliphatic carbocycles. The highest BCUT2D eigenvalue weighted by Crippen LogP contribution is 2.29. The van der Waals surface area contributed by atoms with Crippen molar-refractivity contribution in [2.24, 2.45) is 5.92 Å². The quantitative estimate of drug-likeness (QED) is 0.908. The van der Waals surface area contributed by atoms with Crippen molar-refractivity contribution < 1.29 is 14.7 Å². The van der Waals surface area contributed by atoms with Crippen LogP contribution in [0.25, 0.3) is 0 Å². The Labute approximate surface area is 113 Å². The van der Waals surface area contributed by atoms with Crippen molar-refractivity contribution in [2.45, 2.75) is 33.2 Å². The summed E-state index contributed by atoms with van der Waals surface area (Å²) in [6.07, 6.45) is 0.116. The minimum atomic E-state index is -0.886. The average molecular weight is 261 g/mol. The molecule has 0 radical (unpaired) electrons. The largest absolute Gasteiger partial charge is 0.481 e. The zero-order valence-electron chi connectivity index (χ0n) is 11.5. The van der Waals surface area contributed by atoms with E-state index in [0.717, 1.165) is 16.7 Å². The maximum Gasteiger partial charge on any atom is 0.308 e. The minimum Gasteiger partial charge on any atom is -0.481 e. The van der Waals surface area contributed by atoms with Gasteiger partial charge in [-0.05, 0) is 26.3 Å². The second-order valence-corrected chi connectivity index (χ2v) is 5.38. The van der Waals surface area contributed by atoms with Gasteiger partial charge < -0.3 is 10.0 Å². The molecule has 1 aromatic rings. The van der Waals surface area contributed by atoms with E-state index in [9.17, 15) is 9.59 Å². The molecule has 102 valence electrons. The van der Waals surface area contributed by atoms with E-state index in [4.69, 9.17) is 5.11 Å². The van der Waals surface area contributed by atoms with E-state index >= 15 is 0 Å². The molecule has 1 fully saturated rings. The lowest BCUT2D eigenvalue weighted by atomic mass is 10.0. The molecule has 1 N–H and O–H groups in total. The third-order valence-electron chi connectivity index (χ3n) is 3.70. The highest BCUT2D eigenvalue weighted by Gasteiger charge is 2.36. The van der Waals surface area contributed by atoms with Gasteiger partial charge in [0.2, 0.25) is 5.91 Å². The van der Waals surface area contributed by atoms with E-state index in [1.165, 1.54) is 0 Å². The van der Waals surface area contributed by atoms with Crippen molar-refractivity contribution in [1.29, 1.82) is 0 Å². The lowest BCUT2D eigenvalue weighted by molar-refractivity contribution is -0.141. The molecule has 19 heavy (non-hydrogen) atoms. The van der Waals surface area contributed by atoms with E-state index in [-0.39, 0.29) is 18.4 Å². The number of carboxylic acids is 1. The number of amides is 1. The second kappa shape index (κ2) is 5.03. The minimum absolute atomic E-state index is 0.0703. The van der Waals surface area contributed by atoms with Crippen molar-refractivity contribution in [1.82, 2.24) is 4.90 Å². The molecule has 0 saturated carbocycles. The number of aliphatic carboxylic acids is 1. The monoisotopic (exact) mass is 261 g/mol. The number of rotatable bonds is 3. The van der Waals surface area contributed by atoms with Gasteiger partial charge in [-0.2, -0.15) is 0 Å².